The van der Waals surface area contributed by atoms with Crippen molar-refractivity contribution in [3.05, 3.63) is 53.1 Å². The van der Waals surface area contributed by atoms with Crippen LogP contribution in [-0.2, 0) is 14.8 Å². The molecular weight excluding hydrogens is 404 g/mol. The fourth-order valence-corrected chi connectivity index (χ4v) is 3.83. The molecule has 0 radical (unpaired) electrons. The number of amides is 1. The number of carbonyl (C=O) groups is 1. The minimum Gasteiger partial charge on any atom is -0.497 e. The maximum Gasteiger partial charge on any atom is 0.264 e. The first kappa shape index (κ1) is 22.0. The molecule has 0 aliphatic carbocycles. The molecular formula is C19H23ClN2O5S. The van der Waals surface area contributed by atoms with E-state index in [0.29, 0.717) is 31.0 Å². The number of carbonyl (C=O) groups excluding carboxylic acids is 1. The number of hydrogen-bond acceptors (Lipinski definition) is 5. The second kappa shape index (κ2) is 9.77. The van der Waals surface area contributed by atoms with Crippen molar-refractivity contribution in [3.63, 3.8) is 0 Å². The lowest BCUT2D eigenvalue weighted by molar-refractivity contribution is 0.0948. The van der Waals surface area contributed by atoms with Gasteiger partial charge in [0.2, 0.25) is 0 Å². The molecule has 0 fully saturated rings. The van der Waals surface area contributed by atoms with E-state index in [1.54, 1.807) is 25.3 Å². The Hall–Kier alpha value is -2.29. The van der Waals surface area contributed by atoms with Crippen molar-refractivity contribution >= 4 is 33.2 Å². The molecule has 1 N–H and O–H groups in total. The van der Waals surface area contributed by atoms with E-state index in [0.717, 1.165) is 4.31 Å². The molecule has 152 valence electrons. The summed E-state index contributed by atoms with van der Waals surface area (Å²) >= 11 is 6.13. The van der Waals surface area contributed by atoms with Crippen molar-refractivity contribution in [1.82, 2.24) is 5.32 Å². The SMILES string of the molecule is COCCCNC(=O)c1cc(N(C)S(=O)(=O)c2ccc(OC)cc2)ccc1Cl. The summed E-state index contributed by atoms with van der Waals surface area (Å²) in [6.07, 6.45) is 0.658. The molecule has 0 saturated heterocycles. The number of methoxy groups -OCH3 is 2. The molecule has 1 amide bonds. The Kier molecular flexibility index (Phi) is 7.68. The van der Waals surface area contributed by atoms with E-state index in [4.69, 9.17) is 21.1 Å². The molecule has 7 nitrogen and oxygen atoms in total. The van der Waals surface area contributed by atoms with Crippen LogP contribution in [-0.4, -0.2) is 48.7 Å². The van der Waals surface area contributed by atoms with E-state index in [2.05, 4.69) is 5.32 Å². The fraction of sp³-hybridized carbons (Fsp3) is 0.316. The summed E-state index contributed by atoms with van der Waals surface area (Å²) in [5.74, 6) is 0.179. The van der Waals surface area contributed by atoms with Gasteiger partial charge in [0.05, 0.1) is 28.3 Å². The van der Waals surface area contributed by atoms with E-state index in [-0.39, 0.29) is 21.4 Å². The third-order valence-electron chi connectivity index (χ3n) is 4.09. The number of halogens is 1. The lowest BCUT2D eigenvalue weighted by atomic mass is 10.2. The molecule has 0 bridgehead atoms. The van der Waals surface area contributed by atoms with Crippen LogP contribution in [0.5, 0.6) is 5.75 Å². The highest BCUT2D eigenvalue weighted by Gasteiger charge is 2.23. The normalized spacial score (nSPS) is 11.1. The van der Waals surface area contributed by atoms with Crippen LogP contribution >= 0.6 is 11.6 Å². The first-order chi connectivity index (χ1) is 13.3. The zero-order valence-corrected chi connectivity index (χ0v) is 17.5. The number of anilines is 1. The molecule has 28 heavy (non-hydrogen) atoms. The first-order valence-corrected chi connectivity index (χ1v) is 10.3. The van der Waals surface area contributed by atoms with Crippen LogP contribution in [0.2, 0.25) is 5.02 Å². The Bertz CT molecular complexity index is 916. The van der Waals surface area contributed by atoms with Crippen LogP contribution in [0.1, 0.15) is 16.8 Å². The maximum absolute atomic E-state index is 12.9. The molecule has 0 spiro atoms. The minimum atomic E-state index is -3.81. The number of hydrogen-bond donors (Lipinski definition) is 1. The standard InChI is InChI=1S/C19H23ClN2O5S/c1-22(28(24,25)16-8-6-15(27-3)7-9-16)14-5-10-18(20)17(13-14)19(23)21-11-4-12-26-2/h5-10,13H,4,11-12H2,1-3H3,(H,21,23). The summed E-state index contributed by atoms with van der Waals surface area (Å²) in [5.41, 5.74) is 0.524. The van der Waals surface area contributed by atoms with Crippen molar-refractivity contribution < 1.29 is 22.7 Å². The molecule has 2 aromatic carbocycles. The summed E-state index contributed by atoms with van der Waals surface area (Å²) < 4.78 is 36.9. The lowest BCUT2D eigenvalue weighted by Gasteiger charge is -2.20. The third kappa shape index (κ3) is 5.15. The van der Waals surface area contributed by atoms with Gasteiger partial charge in [0.15, 0.2) is 0 Å². The summed E-state index contributed by atoms with van der Waals surface area (Å²) in [4.78, 5) is 12.5. The average Bonchev–Trinajstić information content (AvgIpc) is 2.70. The van der Waals surface area contributed by atoms with Crippen LogP contribution < -0.4 is 14.4 Å². The molecule has 0 heterocycles. The number of ether oxygens (including phenoxy) is 2. The van der Waals surface area contributed by atoms with Gasteiger partial charge in [-0.05, 0) is 48.9 Å². The molecule has 2 rings (SSSR count). The summed E-state index contributed by atoms with van der Waals surface area (Å²) in [6.45, 7) is 0.949. The average molecular weight is 427 g/mol. The lowest BCUT2D eigenvalue weighted by Crippen LogP contribution is -2.28. The second-order valence-electron chi connectivity index (χ2n) is 5.91. The quantitative estimate of drug-likeness (QED) is 0.623. The van der Waals surface area contributed by atoms with Gasteiger partial charge in [0.1, 0.15) is 5.75 Å². The van der Waals surface area contributed by atoms with E-state index in [1.807, 2.05) is 0 Å². The monoisotopic (exact) mass is 426 g/mol. The van der Waals surface area contributed by atoms with E-state index in [1.165, 1.54) is 38.4 Å². The van der Waals surface area contributed by atoms with Gasteiger partial charge >= 0.3 is 0 Å². The van der Waals surface area contributed by atoms with Crippen LogP contribution in [0, 0.1) is 0 Å². The molecule has 0 aliphatic rings. The van der Waals surface area contributed by atoms with Gasteiger partial charge in [-0.15, -0.1) is 0 Å². The van der Waals surface area contributed by atoms with Crippen molar-refractivity contribution in [2.24, 2.45) is 0 Å². The number of nitrogens with one attached hydrogen (secondary N) is 1. The number of rotatable bonds is 9. The first-order valence-electron chi connectivity index (χ1n) is 8.51. The van der Waals surface area contributed by atoms with Crippen LogP contribution in [0.4, 0.5) is 5.69 Å². The molecule has 0 aliphatic heterocycles. The summed E-state index contributed by atoms with van der Waals surface area (Å²) in [6, 6.07) is 10.6. The highest BCUT2D eigenvalue weighted by Crippen LogP contribution is 2.27. The topological polar surface area (TPSA) is 84.9 Å². The molecule has 0 atom stereocenters. The Morgan fingerprint density at radius 3 is 2.43 bits per heavy atom. The van der Waals surface area contributed by atoms with Gasteiger partial charge < -0.3 is 14.8 Å². The predicted octanol–water partition coefficient (Wildman–Crippen LogP) is 2.94. The van der Waals surface area contributed by atoms with E-state index < -0.39 is 10.0 Å². The van der Waals surface area contributed by atoms with Crippen molar-refractivity contribution in [2.75, 3.05) is 38.7 Å². The molecule has 0 aromatic heterocycles. The maximum atomic E-state index is 12.9. The molecule has 0 saturated carbocycles. The predicted molar refractivity (Wildman–Crippen MR) is 109 cm³/mol. The molecule has 0 unspecified atom stereocenters. The van der Waals surface area contributed by atoms with Gasteiger partial charge in [0.25, 0.3) is 15.9 Å². The number of sulfonamides is 1. The smallest absolute Gasteiger partial charge is 0.264 e. The van der Waals surface area contributed by atoms with Gasteiger partial charge in [-0.2, -0.15) is 0 Å². The van der Waals surface area contributed by atoms with E-state index >= 15 is 0 Å². The van der Waals surface area contributed by atoms with Crippen LogP contribution in [0.3, 0.4) is 0 Å². The summed E-state index contributed by atoms with van der Waals surface area (Å²) in [7, 11) is 0.699. The zero-order chi connectivity index (χ0) is 20.7. The van der Waals surface area contributed by atoms with Gasteiger partial charge in [-0.25, -0.2) is 8.42 Å². The highest BCUT2D eigenvalue weighted by atomic mass is 35.5. The van der Waals surface area contributed by atoms with Crippen molar-refractivity contribution in [3.8, 4) is 5.75 Å². The van der Waals surface area contributed by atoms with Crippen molar-refractivity contribution in [2.45, 2.75) is 11.3 Å². The van der Waals surface area contributed by atoms with Gasteiger partial charge in [-0.3, -0.25) is 9.10 Å². The molecule has 2 aromatic rings. The zero-order valence-electron chi connectivity index (χ0n) is 15.9. The Morgan fingerprint density at radius 2 is 1.82 bits per heavy atom. The van der Waals surface area contributed by atoms with Crippen LogP contribution in [0.25, 0.3) is 0 Å². The van der Waals surface area contributed by atoms with Crippen LogP contribution in [0.15, 0.2) is 47.4 Å². The van der Waals surface area contributed by atoms with E-state index in [9.17, 15) is 13.2 Å². The third-order valence-corrected chi connectivity index (χ3v) is 6.22. The number of nitrogens with zero attached hydrogens (tertiary/aromatic N) is 1. The Labute approximate surface area is 170 Å². The summed E-state index contributed by atoms with van der Waals surface area (Å²) in [5, 5.41) is 2.98. The number of benzene rings is 2. The second-order valence-corrected chi connectivity index (χ2v) is 8.29. The minimum absolute atomic E-state index is 0.108. The fourth-order valence-electron chi connectivity index (χ4n) is 2.44. The van der Waals surface area contributed by atoms with Gasteiger partial charge in [-0.1, -0.05) is 11.6 Å². The molecule has 9 heteroatoms. The van der Waals surface area contributed by atoms with Gasteiger partial charge in [0, 0.05) is 27.3 Å². The Morgan fingerprint density at radius 1 is 1.14 bits per heavy atom. The highest BCUT2D eigenvalue weighted by molar-refractivity contribution is 7.92. The Balaban J connectivity index is 2.25. The van der Waals surface area contributed by atoms with Crippen molar-refractivity contribution in [1.29, 1.82) is 0 Å². The largest absolute Gasteiger partial charge is 0.497 e.